The van der Waals surface area contributed by atoms with E-state index in [1.54, 1.807) is 44.2 Å². The van der Waals surface area contributed by atoms with Crippen LogP contribution in [0.2, 0.25) is 5.02 Å². The molecule has 32 heavy (non-hydrogen) atoms. The molecule has 8 heteroatoms. The summed E-state index contributed by atoms with van der Waals surface area (Å²) in [5.74, 6) is -0.601. The number of ether oxygens (including phenoxy) is 1. The van der Waals surface area contributed by atoms with Crippen LogP contribution >= 0.6 is 11.6 Å². The summed E-state index contributed by atoms with van der Waals surface area (Å²) in [5.41, 5.74) is -0.335. The first kappa shape index (κ1) is 25.6. The minimum Gasteiger partial charge on any atom is -0.465 e. The highest BCUT2D eigenvalue weighted by atomic mass is 35.5. The molecule has 0 amide bonds. The number of esters is 1. The third kappa shape index (κ3) is 5.57. The quantitative estimate of drug-likeness (QED) is 0.334. The zero-order valence-corrected chi connectivity index (χ0v) is 19.8. The summed E-state index contributed by atoms with van der Waals surface area (Å²) in [6, 6.07) is 14.5. The molecule has 0 fully saturated rings. The first-order chi connectivity index (χ1) is 15.2. The van der Waals surface area contributed by atoms with E-state index in [0.717, 1.165) is 0 Å². The van der Waals surface area contributed by atoms with Crippen LogP contribution in [0.15, 0.2) is 66.1 Å². The molecule has 2 aromatic carbocycles. The van der Waals surface area contributed by atoms with E-state index in [0.29, 0.717) is 22.6 Å². The van der Waals surface area contributed by atoms with Crippen molar-refractivity contribution in [3.63, 3.8) is 0 Å². The monoisotopic (exact) mass is 474 g/mol. The number of nitrogens with zero attached hydrogens (tertiary/aromatic N) is 2. The third-order valence-corrected chi connectivity index (χ3v) is 7.47. The van der Waals surface area contributed by atoms with Crippen molar-refractivity contribution in [1.82, 2.24) is 4.31 Å². The van der Waals surface area contributed by atoms with Crippen LogP contribution in [-0.2, 0) is 26.1 Å². The molecule has 0 bridgehead atoms. The van der Waals surface area contributed by atoms with Gasteiger partial charge in [0.1, 0.15) is 5.54 Å². The molecule has 1 unspecified atom stereocenters. The van der Waals surface area contributed by atoms with Crippen LogP contribution in [0.1, 0.15) is 44.2 Å². The molecular formula is C24H27ClN2O4S. The molecule has 0 saturated carbocycles. The summed E-state index contributed by atoms with van der Waals surface area (Å²) in [4.78, 5) is 13.3. The number of nitriles is 1. The van der Waals surface area contributed by atoms with Crippen molar-refractivity contribution in [2.75, 3.05) is 6.61 Å². The Labute approximate surface area is 195 Å². The molecule has 2 rings (SSSR count). The number of carbonyl (C=O) groups excluding carboxylic acids is 1. The van der Waals surface area contributed by atoms with Crippen molar-refractivity contribution < 1.29 is 17.9 Å². The fourth-order valence-corrected chi connectivity index (χ4v) is 5.42. The van der Waals surface area contributed by atoms with Gasteiger partial charge in [0.05, 0.1) is 23.1 Å². The maximum atomic E-state index is 13.8. The summed E-state index contributed by atoms with van der Waals surface area (Å²) in [5, 5.41) is 9.47. The van der Waals surface area contributed by atoms with E-state index in [9.17, 15) is 13.2 Å². The topological polar surface area (TPSA) is 87.5 Å². The molecule has 0 saturated heterocycles. The highest BCUT2D eigenvalue weighted by Crippen LogP contribution is 2.35. The van der Waals surface area contributed by atoms with Crippen molar-refractivity contribution in [3.8, 4) is 6.07 Å². The van der Waals surface area contributed by atoms with Crippen molar-refractivity contribution in [2.45, 2.75) is 50.1 Å². The Morgan fingerprint density at radius 1 is 1.19 bits per heavy atom. The molecule has 6 nitrogen and oxygen atoms in total. The maximum Gasteiger partial charge on any atom is 0.327 e. The third-order valence-electron chi connectivity index (χ3n) is 5.29. The normalized spacial score (nSPS) is 13.2. The molecule has 170 valence electrons. The first-order valence-electron chi connectivity index (χ1n) is 10.3. The predicted molar refractivity (Wildman–Crippen MR) is 124 cm³/mol. The number of carbonyl (C=O) groups is 1. The second kappa shape index (κ2) is 11.3. The van der Waals surface area contributed by atoms with E-state index >= 15 is 0 Å². The highest BCUT2D eigenvalue weighted by Gasteiger charge is 2.49. The van der Waals surface area contributed by atoms with E-state index < -0.39 is 21.5 Å². The van der Waals surface area contributed by atoms with Crippen LogP contribution < -0.4 is 0 Å². The first-order valence-corrected chi connectivity index (χ1v) is 12.1. The lowest BCUT2D eigenvalue weighted by molar-refractivity contribution is -0.156. The van der Waals surface area contributed by atoms with Crippen molar-refractivity contribution in [1.29, 1.82) is 5.26 Å². The molecule has 2 aromatic rings. The van der Waals surface area contributed by atoms with Gasteiger partial charge in [-0.3, -0.25) is 4.79 Å². The van der Waals surface area contributed by atoms with Gasteiger partial charge in [-0.1, -0.05) is 36.7 Å². The number of hydrogen-bond acceptors (Lipinski definition) is 5. The fourth-order valence-electron chi connectivity index (χ4n) is 3.48. The van der Waals surface area contributed by atoms with Gasteiger partial charge in [0.15, 0.2) is 0 Å². The smallest absolute Gasteiger partial charge is 0.327 e. The van der Waals surface area contributed by atoms with Crippen molar-refractivity contribution in [2.24, 2.45) is 0 Å². The number of allylic oxidation sites excluding steroid dienone is 1. The average molecular weight is 475 g/mol. The zero-order valence-electron chi connectivity index (χ0n) is 18.3. The van der Waals surface area contributed by atoms with Gasteiger partial charge in [-0.15, -0.1) is 6.58 Å². The number of sulfonamides is 1. The van der Waals surface area contributed by atoms with Gasteiger partial charge >= 0.3 is 5.97 Å². The number of rotatable bonds is 11. The van der Waals surface area contributed by atoms with Crippen LogP contribution in [-0.4, -0.2) is 30.8 Å². The summed E-state index contributed by atoms with van der Waals surface area (Å²) in [6.07, 6.45) is 2.50. The zero-order chi connectivity index (χ0) is 23.8. The van der Waals surface area contributed by atoms with Gasteiger partial charge in [-0.25, -0.2) is 8.42 Å². The van der Waals surface area contributed by atoms with Gasteiger partial charge < -0.3 is 4.74 Å². The second-order valence-corrected chi connectivity index (χ2v) is 9.51. The second-order valence-electron chi connectivity index (χ2n) is 7.21. The van der Waals surface area contributed by atoms with Crippen LogP contribution in [0, 0.1) is 11.3 Å². The van der Waals surface area contributed by atoms with E-state index in [4.69, 9.17) is 21.6 Å². The molecule has 0 radical (unpaired) electrons. The molecule has 0 aliphatic carbocycles. The SMILES string of the molecule is C=CCCC(CC)(C(=O)OCC)N(Cc1ccc(C#N)cc1)S(=O)(=O)c1ccc(Cl)cc1. The van der Waals surface area contributed by atoms with E-state index in [1.807, 2.05) is 6.07 Å². The summed E-state index contributed by atoms with van der Waals surface area (Å²) in [6.45, 7) is 7.24. The summed E-state index contributed by atoms with van der Waals surface area (Å²) in [7, 11) is -4.12. The molecule has 0 heterocycles. The van der Waals surface area contributed by atoms with E-state index in [2.05, 4.69) is 6.58 Å². The number of halogens is 1. The number of hydrogen-bond donors (Lipinski definition) is 0. The lowest BCUT2D eigenvalue weighted by Crippen LogP contribution is -2.57. The Bertz CT molecular complexity index is 1080. The predicted octanol–water partition coefficient (Wildman–Crippen LogP) is 5.08. The Kier molecular flexibility index (Phi) is 9.02. The maximum absolute atomic E-state index is 13.8. The van der Waals surface area contributed by atoms with E-state index in [1.165, 1.54) is 28.6 Å². The largest absolute Gasteiger partial charge is 0.465 e. The van der Waals surface area contributed by atoms with Crippen LogP contribution in [0.5, 0.6) is 0 Å². The van der Waals surface area contributed by atoms with Crippen LogP contribution in [0.4, 0.5) is 0 Å². The highest BCUT2D eigenvalue weighted by molar-refractivity contribution is 7.89. The standard InChI is InChI=1S/C24H27ClN2O4S/c1-4-7-16-24(5-2,23(28)31-6-3)27(18-20-10-8-19(17-26)9-11-20)32(29,30)22-14-12-21(25)13-15-22/h4,8-15H,1,5-7,16,18H2,2-3H3. The van der Waals surface area contributed by atoms with Crippen molar-refractivity contribution in [3.05, 3.63) is 77.3 Å². The molecule has 0 aliphatic heterocycles. The average Bonchev–Trinajstić information content (AvgIpc) is 2.79. The number of benzene rings is 2. The molecule has 0 aromatic heterocycles. The molecule has 0 aliphatic rings. The van der Waals surface area contributed by atoms with Gasteiger partial charge in [0.2, 0.25) is 10.0 Å². The van der Waals surface area contributed by atoms with Crippen molar-refractivity contribution >= 4 is 27.6 Å². The van der Waals surface area contributed by atoms with Crippen LogP contribution in [0.25, 0.3) is 0 Å². The summed E-state index contributed by atoms with van der Waals surface area (Å²) < 4.78 is 34.3. The van der Waals surface area contributed by atoms with Gasteiger partial charge in [-0.2, -0.15) is 9.57 Å². The van der Waals surface area contributed by atoms with Gasteiger partial charge in [-0.05, 0) is 68.1 Å². The Hall–Kier alpha value is -2.66. The minimum atomic E-state index is -4.12. The van der Waals surface area contributed by atoms with Crippen LogP contribution in [0.3, 0.4) is 0 Å². The molecule has 0 N–H and O–H groups in total. The molecule has 1 atom stereocenters. The summed E-state index contributed by atoms with van der Waals surface area (Å²) >= 11 is 5.96. The lowest BCUT2D eigenvalue weighted by Gasteiger charge is -2.40. The van der Waals surface area contributed by atoms with Gasteiger partial charge in [0, 0.05) is 11.6 Å². The van der Waals surface area contributed by atoms with E-state index in [-0.39, 0.29) is 30.9 Å². The Morgan fingerprint density at radius 3 is 2.31 bits per heavy atom. The lowest BCUT2D eigenvalue weighted by atomic mass is 9.89. The van der Waals surface area contributed by atoms with Gasteiger partial charge in [0.25, 0.3) is 0 Å². The molecule has 0 spiro atoms. The molecular weight excluding hydrogens is 448 g/mol. The fraction of sp³-hybridized carbons (Fsp3) is 0.333. The minimum absolute atomic E-state index is 0.0243. The Balaban J connectivity index is 2.69. The Morgan fingerprint density at radius 2 is 1.81 bits per heavy atom.